The summed E-state index contributed by atoms with van der Waals surface area (Å²) < 4.78 is 31.7. The third kappa shape index (κ3) is 9.25. The predicted octanol–water partition coefficient (Wildman–Crippen LogP) is 30.1. The Morgan fingerprint density at radius 1 is 0.193 bits per heavy atom. The van der Waals surface area contributed by atoms with Crippen molar-refractivity contribution in [1.82, 2.24) is 9.13 Å². The van der Waals surface area contributed by atoms with E-state index in [1.807, 2.05) is 24.3 Å². The molecule has 114 heavy (non-hydrogen) atoms. The Morgan fingerprint density at radius 2 is 0.535 bits per heavy atom. The van der Waals surface area contributed by atoms with Crippen LogP contribution in [0.25, 0.3) is 221 Å². The zero-order valence-electron chi connectivity index (χ0n) is 63.0. The van der Waals surface area contributed by atoms with Gasteiger partial charge in [-0.3, -0.25) is 0 Å². The second-order valence-electron chi connectivity index (χ2n) is 32.0. The highest BCUT2D eigenvalue weighted by atomic mass is 16.3. The number of nitrogens with zero attached hydrogens (tertiary/aromatic N) is 2. The Morgan fingerprint density at radius 3 is 1.07 bits per heavy atom. The van der Waals surface area contributed by atoms with Gasteiger partial charge in [0.2, 0.25) is 0 Å². The number of furan rings is 4. The molecular weight excluding hydrogens is 1390 g/mol. The molecule has 6 heteroatoms. The monoisotopic (exact) mass is 1460 g/mol. The van der Waals surface area contributed by atoms with Gasteiger partial charge in [0.1, 0.15) is 44.7 Å². The summed E-state index contributed by atoms with van der Waals surface area (Å²) in [5.41, 5.74) is 35.8. The first-order valence-corrected chi connectivity index (χ1v) is 39.4. The standard InChI is InChI=1S/C57H37NO2.C51H33NO2/c1-57(2)48-20-8-6-15-45(48)53-49(57)29-28-44-43-19-10-16-39(55(43)60-56(44)53)35-24-22-34(23-25-35)36-26-30-50-46(32-36)47-33-37(27-31-51(47)58(50)38-12-4-3-5-13-38)40-17-11-18-42-41-14-7-9-21-52(41)59-54(40)42;1-51(2)42-21-6-3-16-40(42)47-43(51)26-25-39-38-20-11-17-33(49(38)54-50(39)47)30-12-9-13-32(28-30)52-44-22-7-4-14-35(44)41-29-31(24-27-45(41)52)34-18-10-19-37-36-15-5-8-23-46(36)53-48(34)37/h3-33H,1-2H3;3-29H,1-2H3. The lowest BCUT2D eigenvalue weighted by Crippen LogP contribution is -2.14. The van der Waals surface area contributed by atoms with E-state index >= 15 is 0 Å². The normalized spacial score (nSPS) is 13.4. The second-order valence-corrected chi connectivity index (χ2v) is 32.0. The second kappa shape index (κ2) is 24.0. The lowest BCUT2D eigenvalue weighted by atomic mass is 9.82. The average molecular weight is 1460 g/mol. The summed E-state index contributed by atoms with van der Waals surface area (Å²) in [5, 5.41) is 14.0. The third-order valence-corrected chi connectivity index (χ3v) is 25.2. The average Bonchev–Trinajstić information content (AvgIpc) is 1.55. The van der Waals surface area contributed by atoms with E-state index in [4.69, 9.17) is 17.7 Å². The Hall–Kier alpha value is -14.5. The van der Waals surface area contributed by atoms with Crippen molar-refractivity contribution in [1.29, 1.82) is 0 Å². The molecular formula is C108H70N2O4. The number of fused-ring (bicyclic) bond motifs is 26. The summed E-state index contributed by atoms with van der Waals surface area (Å²) >= 11 is 0. The Kier molecular flexibility index (Phi) is 13.6. The van der Waals surface area contributed by atoms with E-state index in [9.17, 15) is 0 Å². The van der Waals surface area contributed by atoms with Crippen molar-refractivity contribution >= 4 is 131 Å². The molecule has 17 aromatic carbocycles. The molecule has 6 aromatic heterocycles. The highest BCUT2D eigenvalue weighted by molar-refractivity contribution is 6.19. The van der Waals surface area contributed by atoms with Crippen LogP contribution in [0.3, 0.4) is 0 Å². The van der Waals surface area contributed by atoms with Crippen molar-refractivity contribution in [2.45, 2.75) is 38.5 Å². The van der Waals surface area contributed by atoms with Gasteiger partial charge in [0.25, 0.3) is 0 Å². The van der Waals surface area contributed by atoms with Gasteiger partial charge in [-0.2, -0.15) is 0 Å². The van der Waals surface area contributed by atoms with Gasteiger partial charge in [0, 0.05) is 120 Å². The highest BCUT2D eigenvalue weighted by Gasteiger charge is 2.39. The van der Waals surface area contributed by atoms with Gasteiger partial charge in [0.15, 0.2) is 0 Å². The maximum absolute atomic E-state index is 6.99. The number of rotatable bonds is 7. The fourth-order valence-corrected chi connectivity index (χ4v) is 19.8. The fourth-order valence-electron chi connectivity index (χ4n) is 19.8. The topological polar surface area (TPSA) is 62.4 Å². The summed E-state index contributed by atoms with van der Waals surface area (Å²) in [6.45, 7) is 9.28. The van der Waals surface area contributed by atoms with Gasteiger partial charge < -0.3 is 26.8 Å². The smallest absolute Gasteiger partial charge is 0.143 e. The molecule has 6 nitrogen and oxygen atoms in total. The number of benzene rings is 17. The minimum absolute atomic E-state index is 0.0797. The summed E-state index contributed by atoms with van der Waals surface area (Å²) in [6.07, 6.45) is 0. The van der Waals surface area contributed by atoms with Crippen LogP contribution in [0.15, 0.2) is 370 Å². The summed E-state index contributed by atoms with van der Waals surface area (Å²) in [7, 11) is 0. The number of aromatic nitrogens is 2. The molecule has 0 amide bonds. The lowest BCUT2D eigenvalue weighted by molar-refractivity contribution is 0.653. The van der Waals surface area contributed by atoms with E-state index in [1.165, 1.54) is 88.2 Å². The van der Waals surface area contributed by atoms with E-state index < -0.39 is 0 Å². The van der Waals surface area contributed by atoms with E-state index in [1.54, 1.807) is 0 Å². The maximum atomic E-state index is 6.99. The SMILES string of the molecule is CC1(C)c2ccccc2-c2c1ccc1c2oc2c(-c3ccc(-c4ccc5c(c4)c4cc(-c6cccc7c6oc6ccccc67)ccc4n5-c4ccccc4)cc3)cccc21.CC1(C)c2ccccc2-c2c1ccc1c2oc2c(-c3cccc(-n4c5ccccc5c5cc(-c6cccc7c6oc6ccccc67)ccc54)c3)cccc21. The number of para-hydroxylation sites is 8. The molecule has 0 saturated carbocycles. The van der Waals surface area contributed by atoms with Crippen LogP contribution in [0.1, 0.15) is 49.9 Å². The Bertz CT molecular complexity index is 8040. The largest absolute Gasteiger partial charge is 0.455 e. The van der Waals surface area contributed by atoms with Crippen molar-refractivity contribution in [3.8, 4) is 89.3 Å². The van der Waals surface area contributed by atoms with Crippen molar-refractivity contribution in [2.24, 2.45) is 0 Å². The summed E-state index contributed by atoms with van der Waals surface area (Å²) in [4.78, 5) is 0. The van der Waals surface area contributed by atoms with E-state index in [2.05, 4.69) is 364 Å². The van der Waals surface area contributed by atoms with Crippen molar-refractivity contribution < 1.29 is 17.7 Å². The molecule has 2 aliphatic carbocycles. The molecule has 0 unspecified atom stereocenters. The molecule has 0 atom stereocenters. The van der Waals surface area contributed by atoms with Gasteiger partial charge in [-0.15, -0.1) is 0 Å². The van der Waals surface area contributed by atoms with E-state index in [-0.39, 0.29) is 10.8 Å². The highest BCUT2D eigenvalue weighted by Crippen LogP contribution is 2.56. The molecule has 0 fully saturated rings. The van der Waals surface area contributed by atoms with Crippen LogP contribution >= 0.6 is 0 Å². The first kappa shape index (κ1) is 64.4. The van der Waals surface area contributed by atoms with Crippen LogP contribution in [-0.2, 0) is 10.8 Å². The fraction of sp³-hybridized carbons (Fsp3) is 0.0556. The first-order valence-electron chi connectivity index (χ1n) is 39.4. The lowest BCUT2D eigenvalue weighted by Gasteiger charge is -2.21. The van der Waals surface area contributed by atoms with Gasteiger partial charge in [-0.05, 0) is 146 Å². The molecule has 0 saturated heterocycles. The van der Waals surface area contributed by atoms with E-state index in [0.29, 0.717) is 0 Å². The van der Waals surface area contributed by atoms with Gasteiger partial charge in [-0.1, -0.05) is 301 Å². The van der Waals surface area contributed by atoms with Crippen LogP contribution in [0, 0.1) is 0 Å². The van der Waals surface area contributed by atoms with Crippen molar-refractivity contribution in [2.75, 3.05) is 0 Å². The third-order valence-electron chi connectivity index (χ3n) is 25.2. The molecule has 0 bridgehead atoms. The van der Waals surface area contributed by atoms with Gasteiger partial charge >= 0.3 is 0 Å². The zero-order valence-corrected chi connectivity index (χ0v) is 63.0. The van der Waals surface area contributed by atoms with Gasteiger partial charge in [0.05, 0.1) is 22.1 Å². The molecule has 0 spiro atoms. The minimum atomic E-state index is -0.0832. The van der Waals surface area contributed by atoms with Crippen LogP contribution in [0.4, 0.5) is 0 Å². The quantitative estimate of drug-likeness (QED) is 0.160. The predicted molar refractivity (Wildman–Crippen MR) is 473 cm³/mol. The van der Waals surface area contributed by atoms with Gasteiger partial charge in [-0.25, -0.2) is 0 Å². The van der Waals surface area contributed by atoms with Crippen LogP contribution in [-0.4, -0.2) is 9.13 Å². The maximum Gasteiger partial charge on any atom is 0.143 e. The molecule has 0 aliphatic heterocycles. The molecule has 536 valence electrons. The first-order chi connectivity index (χ1) is 56.1. The summed E-state index contributed by atoms with van der Waals surface area (Å²) in [5.74, 6) is 0. The summed E-state index contributed by atoms with van der Waals surface area (Å²) in [6, 6.07) is 127. The van der Waals surface area contributed by atoms with Crippen LogP contribution in [0.5, 0.6) is 0 Å². The molecule has 0 N–H and O–H groups in total. The molecule has 2 aliphatic rings. The van der Waals surface area contributed by atoms with Crippen molar-refractivity contribution in [3.63, 3.8) is 0 Å². The molecule has 6 heterocycles. The molecule has 25 rings (SSSR count). The van der Waals surface area contributed by atoms with E-state index in [0.717, 1.165) is 155 Å². The Labute approximate surface area is 655 Å². The molecule has 23 aromatic rings. The van der Waals surface area contributed by atoms with Crippen molar-refractivity contribution in [3.05, 3.63) is 374 Å². The van der Waals surface area contributed by atoms with Crippen LogP contribution < -0.4 is 0 Å². The molecule has 0 radical (unpaired) electrons. The minimum Gasteiger partial charge on any atom is -0.455 e. The Balaban J connectivity index is 0.000000132. The zero-order chi connectivity index (χ0) is 75.4. The number of hydrogen-bond acceptors (Lipinski definition) is 4. The number of hydrogen-bond donors (Lipinski definition) is 0. The van der Waals surface area contributed by atoms with Crippen LogP contribution in [0.2, 0.25) is 0 Å².